The van der Waals surface area contributed by atoms with Gasteiger partial charge < -0.3 is 15.1 Å². The van der Waals surface area contributed by atoms with Gasteiger partial charge in [-0.3, -0.25) is 4.79 Å². The molecule has 0 bridgehead atoms. The summed E-state index contributed by atoms with van der Waals surface area (Å²) < 4.78 is 0. The molecule has 1 unspecified atom stereocenters. The van der Waals surface area contributed by atoms with Crippen molar-refractivity contribution in [3.8, 4) is 0 Å². The van der Waals surface area contributed by atoms with E-state index in [0.29, 0.717) is 0 Å². The van der Waals surface area contributed by atoms with Gasteiger partial charge in [0.25, 0.3) is 0 Å². The van der Waals surface area contributed by atoms with E-state index in [9.17, 15) is 4.79 Å². The first-order chi connectivity index (χ1) is 11.7. The molecule has 2 fully saturated rings. The summed E-state index contributed by atoms with van der Waals surface area (Å²) >= 11 is 1.62. The summed E-state index contributed by atoms with van der Waals surface area (Å²) in [5.41, 5.74) is 0. The number of anilines is 1. The van der Waals surface area contributed by atoms with Crippen LogP contribution < -0.4 is 10.2 Å². The lowest BCUT2D eigenvalue weighted by atomic mass is 9.99. The van der Waals surface area contributed by atoms with Crippen molar-refractivity contribution in [3.05, 3.63) is 11.6 Å². The highest BCUT2D eigenvalue weighted by Crippen LogP contribution is 2.27. The molecule has 0 aliphatic carbocycles. The quantitative estimate of drug-likeness (QED) is 0.768. The van der Waals surface area contributed by atoms with Crippen molar-refractivity contribution < 1.29 is 4.79 Å². The first-order valence-corrected chi connectivity index (χ1v) is 10.3. The molecule has 1 amide bonds. The first-order valence-electron chi connectivity index (χ1n) is 9.40. The predicted octanol–water partition coefficient (Wildman–Crippen LogP) is 2.74. The molecule has 2 saturated heterocycles. The van der Waals surface area contributed by atoms with Crippen molar-refractivity contribution in [2.75, 3.05) is 37.6 Å². The highest BCUT2D eigenvalue weighted by Gasteiger charge is 2.31. The van der Waals surface area contributed by atoms with Crippen LogP contribution >= 0.6 is 11.3 Å². The van der Waals surface area contributed by atoms with Gasteiger partial charge in [-0.05, 0) is 64.1 Å². The number of rotatable bonds is 7. The number of likely N-dealkylation sites (tertiary alicyclic amines) is 1. The fourth-order valence-electron chi connectivity index (χ4n) is 3.70. The van der Waals surface area contributed by atoms with Gasteiger partial charge in [0.15, 0.2) is 5.13 Å². The minimum atomic E-state index is -0.0280. The van der Waals surface area contributed by atoms with Crippen molar-refractivity contribution in [3.63, 3.8) is 0 Å². The molecule has 1 N–H and O–H groups in total. The Labute approximate surface area is 149 Å². The number of carbonyl (C=O) groups is 1. The summed E-state index contributed by atoms with van der Waals surface area (Å²) in [6.07, 6.45) is 8.75. The summed E-state index contributed by atoms with van der Waals surface area (Å²) in [4.78, 5) is 21.6. The maximum atomic E-state index is 12.5. The second kappa shape index (κ2) is 8.81. The molecule has 134 valence electrons. The molecule has 1 aromatic rings. The monoisotopic (exact) mass is 350 g/mol. The fourth-order valence-corrected chi connectivity index (χ4v) is 4.42. The molecule has 6 heteroatoms. The summed E-state index contributed by atoms with van der Waals surface area (Å²) in [5.74, 6) is 1.07. The Kier molecular flexibility index (Phi) is 6.49. The van der Waals surface area contributed by atoms with Crippen LogP contribution in [0.4, 0.5) is 5.13 Å². The number of nitrogens with one attached hydrogen (secondary N) is 1. The van der Waals surface area contributed by atoms with Gasteiger partial charge in [-0.15, -0.1) is 11.3 Å². The van der Waals surface area contributed by atoms with E-state index < -0.39 is 0 Å². The largest absolute Gasteiger partial charge is 0.354 e. The van der Waals surface area contributed by atoms with Crippen LogP contribution in [0.15, 0.2) is 11.6 Å². The number of carbonyl (C=O) groups excluding carboxylic acids is 1. The molecule has 2 aliphatic heterocycles. The molecule has 0 saturated carbocycles. The normalized spacial score (nSPS) is 22.9. The number of nitrogens with zero attached hydrogens (tertiary/aromatic N) is 3. The Balaban J connectivity index is 1.32. The number of thiazole rings is 1. The Bertz CT molecular complexity index is 499. The average molecular weight is 351 g/mol. The van der Waals surface area contributed by atoms with E-state index in [0.717, 1.165) is 43.4 Å². The van der Waals surface area contributed by atoms with E-state index >= 15 is 0 Å². The SMILES string of the molecule is CC1CCN(CCCCNC(=O)C2CCCN2c2nccs2)CC1. The van der Waals surface area contributed by atoms with E-state index in [1.807, 2.05) is 11.6 Å². The maximum Gasteiger partial charge on any atom is 0.242 e. The number of aromatic nitrogens is 1. The van der Waals surface area contributed by atoms with Crippen molar-refractivity contribution in [2.24, 2.45) is 5.92 Å². The van der Waals surface area contributed by atoms with E-state index in [-0.39, 0.29) is 11.9 Å². The molecule has 0 spiro atoms. The van der Waals surface area contributed by atoms with Crippen LogP contribution in [0.2, 0.25) is 0 Å². The van der Waals surface area contributed by atoms with E-state index in [1.54, 1.807) is 11.3 Å². The van der Waals surface area contributed by atoms with Crippen LogP contribution in [0.5, 0.6) is 0 Å². The van der Waals surface area contributed by atoms with Crippen molar-refractivity contribution in [1.82, 2.24) is 15.2 Å². The zero-order valence-corrected chi connectivity index (χ0v) is 15.6. The maximum absolute atomic E-state index is 12.5. The minimum absolute atomic E-state index is 0.0280. The Morgan fingerprint density at radius 3 is 2.88 bits per heavy atom. The molecular weight excluding hydrogens is 320 g/mol. The summed E-state index contributed by atoms with van der Waals surface area (Å²) in [7, 11) is 0. The fraction of sp³-hybridized carbons (Fsp3) is 0.778. The van der Waals surface area contributed by atoms with Crippen molar-refractivity contribution >= 4 is 22.4 Å². The molecular formula is C18H30N4OS. The van der Waals surface area contributed by atoms with Gasteiger partial charge in [0, 0.05) is 24.7 Å². The minimum Gasteiger partial charge on any atom is -0.354 e. The van der Waals surface area contributed by atoms with Gasteiger partial charge in [-0.2, -0.15) is 0 Å². The number of hydrogen-bond acceptors (Lipinski definition) is 5. The van der Waals surface area contributed by atoms with E-state index in [2.05, 4.69) is 27.0 Å². The lowest BCUT2D eigenvalue weighted by Gasteiger charge is -2.30. The third-order valence-electron chi connectivity index (χ3n) is 5.30. The molecule has 0 aromatic carbocycles. The Hall–Kier alpha value is -1.14. The van der Waals surface area contributed by atoms with Gasteiger partial charge >= 0.3 is 0 Å². The number of amides is 1. The topological polar surface area (TPSA) is 48.5 Å². The number of unbranched alkanes of at least 4 members (excludes halogenated alkanes) is 1. The average Bonchev–Trinajstić information content (AvgIpc) is 3.27. The van der Waals surface area contributed by atoms with E-state index in [1.165, 1.54) is 38.9 Å². The van der Waals surface area contributed by atoms with Gasteiger partial charge in [-0.25, -0.2) is 4.98 Å². The van der Waals surface area contributed by atoms with Crippen molar-refractivity contribution in [1.29, 1.82) is 0 Å². The Morgan fingerprint density at radius 2 is 2.12 bits per heavy atom. The van der Waals surface area contributed by atoms with Gasteiger partial charge in [0.05, 0.1) is 0 Å². The van der Waals surface area contributed by atoms with Crippen LogP contribution in [0.1, 0.15) is 45.4 Å². The smallest absolute Gasteiger partial charge is 0.242 e. The molecule has 24 heavy (non-hydrogen) atoms. The Morgan fingerprint density at radius 1 is 1.29 bits per heavy atom. The summed E-state index contributed by atoms with van der Waals surface area (Å²) in [5, 5.41) is 6.09. The van der Waals surface area contributed by atoms with Gasteiger partial charge in [0.1, 0.15) is 6.04 Å². The molecule has 1 aromatic heterocycles. The highest BCUT2D eigenvalue weighted by atomic mass is 32.1. The molecule has 2 aliphatic rings. The van der Waals surface area contributed by atoms with Gasteiger partial charge in [-0.1, -0.05) is 6.92 Å². The van der Waals surface area contributed by atoms with E-state index in [4.69, 9.17) is 0 Å². The first kappa shape index (κ1) is 17.7. The lowest BCUT2D eigenvalue weighted by Crippen LogP contribution is -2.43. The lowest BCUT2D eigenvalue weighted by molar-refractivity contribution is -0.122. The highest BCUT2D eigenvalue weighted by molar-refractivity contribution is 7.13. The number of hydrogen-bond donors (Lipinski definition) is 1. The third kappa shape index (κ3) is 4.70. The predicted molar refractivity (Wildman–Crippen MR) is 99.6 cm³/mol. The second-order valence-electron chi connectivity index (χ2n) is 7.19. The molecule has 5 nitrogen and oxygen atoms in total. The van der Waals surface area contributed by atoms with Crippen LogP contribution in [-0.4, -0.2) is 54.6 Å². The molecule has 0 radical (unpaired) electrons. The third-order valence-corrected chi connectivity index (χ3v) is 6.11. The van der Waals surface area contributed by atoms with Crippen LogP contribution in [0.3, 0.4) is 0 Å². The van der Waals surface area contributed by atoms with Crippen molar-refractivity contribution in [2.45, 2.75) is 51.5 Å². The van der Waals surface area contributed by atoms with Gasteiger partial charge in [0.2, 0.25) is 5.91 Å². The summed E-state index contributed by atoms with van der Waals surface area (Å²) in [6.45, 7) is 7.77. The zero-order chi connectivity index (χ0) is 16.8. The standard InChI is InChI=1S/C18H30N4OS/c1-15-6-12-21(13-7-15)10-3-2-8-19-17(23)16-5-4-11-22(16)18-20-9-14-24-18/h9,14-16H,2-8,10-13H2,1H3,(H,19,23). The molecule has 3 heterocycles. The van der Waals surface area contributed by atoms with Crippen LogP contribution in [-0.2, 0) is 4.79 Å². The zero-order valence-electron chi connectivity index (χ0n) is 14.7. The summed E-state index contributed by atoms with van der Waals surface area (Å²) in [6, 6.07) is -0.0280. The second-order valence-corrected chi connectivity index (χ2v) is 8.06. The molecule has 1 atom stereocenters. The van der Waals surface area contributed by atoms with Crippen LogP contribution in [0.25, 0.3) is 0 Å². The molecule has 3 rings (SSSR count). The van der Waals surface area contributed by atoms with Crippen LogP contribution in [0, 0.1) is 5.92 Å². The number of piperidine rings is 1.